The molecule has 1 aromatic rings. The molecular formula is C11H17NO. The van der Waals surface area contributed by atoms with Gasteiger partial charge in [-0.15, -0.1) is 0 Å². The van der Waals surface area contributed by atoms with Crippen molar-refractivity contribution in [3.8, 4) is 0 Å². The monoisotopic (exact) mass is 179 g/mol. The van der Waals surface area contributed by atoms with Crippen LogP contribution in [0.1, 0.15) is 29.7 Å². The maximum Gasteiger partial charge on any atom is 0.0704 e. The molecule has 0 saturated heterocycles. The maximum atomic E-state index is 9.34. The fourth-order valence-corrected chi connectivity index (χ4v) is 1.46. The molecule has 0 heterocycles. The third kappa shape index (κ3) is 2.29. The van der Waals surface area contributed by atoms with Crippen molar-refractivity contribution in [1.29, 1.82) is 0 Å². The van der Waals surface area contributed by atoms with Crippen LogP contribution in [-0.2, 0) is 0 Å². The summed E-state index contributed by atoms with van der Waals surface area (Å²) in [6.45, 7) is 5.78. The van der Waals surface area contributed by atoms with Gasteiger partial charge in [0.15, 0.2) is 0 Å². The minimum absolute atomic E-state index is 0.277. The van der Waals surface area contributed by atoms with Gasteiger partial charge in [0.25, 0.3) is 0 Å². The molecule has 1 rings (SSSR count). The first-order valence-corrected chi connectivity index (χ1v) is 4.53. The van der Waals surface area contributed by atoms with Gasteiger partial charge in [-0.05, 0) is 31.9 Å². The predicted molar refractivity (Wildman–Crippen MR) is 54.5 cm³/mol. The van der Waals surface area contributed by atoms with Crippen LogP contribution in [0.5, 0.6) is 0 Å². The van der Waals surface area contributed by atoms with E-state index in [1.807, 2.05) is 26.0 Å². The molecule has 0 aliphatic carbocycles. The summed E-state index contributed by atoms with van der Waals surface area (Å²) in [5.74, 6) is 0. The molecule has 2 nitrogen and oxygen atoms in total. The van der Waals surface area contributed by atoms with Crippen molar-refractivity contribution in [2.24, 2.45) is 5.73 Å². The predicted octanol–water partition coefficient (Wildman–Crippen LogP) is 1.68. The fourth-order valence-electron chi connectivity index (χ4n) is 1.46. The Labute approximate surface area is 79.4 Å². The molecule has 2 atom stereocenters. The number of aliphatic hydroxyl groups is 1. The highest BCUT2D eigenvalue weighted by Crippen LogP contribution is 2.19. The molecule has 0 amide bonds. The standard InChI is InChI=1S/C11H17NO/c1-7-4-5-10(8(2)6-7)11(12)9(3)13/h4-6,9,11,13H,12H2,1-3H3/t9-,11-/m0/s1. The first-order chi connectivity index (χ1) is 6.02. The average Bonchev–Trinajstić information content (AvgIpc) is 2.03. The summed E-state index contributed by atoms with van der Waals surface area (Å²) >= 11 is 0. The first-order valence-electron chi connectivity index (χ1n) is 4.53. The number of benzene rings is 1. The molecule has 72 valence electrons. The lowest BCUT2D eigenvalue weighted by atomic mass is 9.97. The summed E-state index contributed by atoms with van der Waals surface area (Å²) in [7, 11) is 0. The van der Waals surface area contributed by atoms with Crippen LogP contribution in [0.25, 0.3) is 0 Å². The summed E-state index contributed by atoms with van der Waals surface area (Å²) in [5, 5.41) is 9.34. The van der Waals surface area contributed by atoms with Gasteiger partial charge in [-0.1, -0.05) is 23.8 Å². The third-order valence-corrected chi connectivity index (χ3v) is 2.30. The lowest BCUT2D eigenvalue weighted by Crippen LogP contribution is -2.23. The minimum atomic E-state index is -0.499. The van der Waals surface area contributed by atoms with Crippen molar-refractivity contribution >= 4 is 0 Å². The van der Waals surface area contributed by atoms with E-state index in [2.05, 4.69) is 6.07 Å². The molecule has 0 aromatic heterocycles. The average molecular weight is 179 g/mol. The van der Waals surface area contributed by atoms with Crippen LogP contribution in [0.15, 0.2) is 18.2 Å². The highest BCUT2D eigenvalue weighted by atomic mass is 16.3. The van der Waals surface area contributed by atoms with Gasteiger partial charge in [0, 0.05) is 0 Å². The van der Waals surface area contributed by atoms with E-state index >= 15 is 0 Å². The number of rotatable bonds is 2. The van der Waals surface area contributed by atoms with Crippen LogP contribution in [0, 0.1) is 13.8 Å². The van der Waals surface area contributed by atoms with Gasteiger partial charge in [-0.3, -0.25) is 0 Å². The Morgan fingerprint density at radius 3 is 2.38 bits per heavy atom. The van der Waals surface area contributed by atoms with E-state index in [1.54, 1.807) is 6.92 Å². The third-order valence-electron chi connectivity index (χ3n) is 2.30. The second-order valence-electron chi connectivity index (χ2n) is 3.63. The van der Waals surface area contributed by atoms with Crippen molar-refractivity contribution in [3.05, 3.63) is 34.9 Å². The molecule has 0 radical (unpaired) electrons. The van der Waals surface area contributed by atoms with Crippen LogP contribution in [0.2, 0.25) is 0 Å². The second kappa shape index (κ2) is 3.90. The van der Waals surface area contributed by atoms with E-state index in [9.17, 15) is 5.11 Å². The maximum absolute atomic E-state index is 9.34. The van der Waals surface area contributed by atoms with E-state index < -0.39 is 6.10 Å². The number of nitrogens with two attached hydrogens (primary N) is 1. The zero-order chi connectivity index (χ0) is 10.0. The minimum Gasteiger partial charge on any atom is -0.391 e. The molecule has 3 N–H and O–H groups in total. The van der Waals surface area contributed by atoms with Gasteiger partial charge in [0.2, 0.25) is 0 Å². The Bertz CT molecular complexity index is 294. The molecule has 0 spiro atoms. The van der Waals surface area contributed by atoms with E-state index in [0.717, 1.165) is 11.1 Å². The van der Waals surface area contributed by atoms with E-state index in [4.69, 9.17) is 5.73 Å². The van der Waals surface area contributed by atoms with Crippen molar-refractivity contribution in [3.63, 3.8) is 0 Å². The summed E-state index contributed by atoms with van der Waals surface area (Å²) in [4.78, 5) is 0. The van der Waals surface area contributed by atoms with Gasteiger partial charge in [0.1, 0.15) is 0 Å². The largest absolute Gasteiger partial charge is 0.391 e. The summed E-state index contributed by atoms with van der Waals surface area (Å²) in [5.41, 5.74) is 9.24. The SMILES string of the molecule is Cc1ccc([C@@H](N)[C@H](C)O)c(C)c1. The zero-order valence-electron chi connectivity index (χ0n) is 8.41. The van der Waals surface area contributed by atoms with Crippen LogP contribution >= 0.6 is 0 Å². The zero-order valence-corrected chi connectivity index (χ0v) is 8.41. The van der Waals surface area contributed by atoms with Crippen molar-refractivity contribution in [2.75, 3.05) is 0 Å². The van der Waals surface area contributed by atoms with Gasteiger partial charge >= 0.3 is 0 Å². The molecule has 0 saturated carbocycles. The van der Waals surface area contributed by atoms with E-state index in [-0.39, 0.29) is 6.04 Å². The van der Waals surface area contributed by atoms with E-state index in [0.29, 0.717) is 0 Å². The van der Waals surface area contributed by atoms with Crippen LogP contribution in [-0.4, -0.2) is 11.2 Å². The van der Waals surface area contributed by atoms with Crippen LogP contribution in [0.4, 0.5) is 0 Å². The number of hydrogen-bond acceptors (Lipinski definition) is 2. The summed E-state index contributed by atoms with van der Waals surface area (Å²) in [6.07, 6.45) is -0.499. The Kier molecular flexibility index (Phi) is 3.07. The molecule has 2 heteroatoms. The van der Waals surface area contributed by atoms with Gasteiger partial charge in [0.05, 0.1) is 12.1 Å². The van der Waals surface area contributed by atoms with Crippen molar-refractivity contribution < 1.29 is 5.11 Å². The molecule has 13 heavy (non-hydrogen) atoms. The van der Waals surface area contributed by atoms with Crippen molar-refractivity contribution in [2.45, 2.75) is 32.9 Å². The lowest BCUT2D eigenvalue weighted by Gasteiger charge is -2.17. The topological polar surface area (TPSA) is 46.2 Å². The normalized spacial score (nSPS) is 15.5. The number of aliphatic hydroxyl groups excluding tert-OH is 1. The van der Waals surface area contributed by atoms with E-state index in [1.165, 1.54) is 5.56 Å². The molecule has 0 bridgehead atoms. The molecular weight excluding hydrogens is 162 g/mol. The van der Waals surface area contributed by atoms with Crippen LogP contribution < -0.4 is 5.73 Å². The highest BCUT2D eigenvalue weighted by molar-refractivity contribution is 5.33. The number of hydrogen-bond donors (Lipinski definition) is 2. The highest BCUT2D eigenvalue weighted by Gasteiger charge is 2.13. The van der Waals surface area contributed by atoms with Crippen molar-refractivity contribution in [1.82, 2.24) is 0 Å². The fraction of sp³-hybridized carbons (Fsp3) is 0.455. The van der Waals surface area contributed by atoms with Gasteiger partial charge in [-0.2, -0.15) is 0 Å². The lowest BCUT2D eigenvalue weighted by molar-refractivity contribution is 0.164. The molecule has 1 aromatic carbocycles. The number of aryl methyl sites for hydroxylation is 2. The van der Waals surface area contributed by atoms with Gasteiger partial charge < -0.3 is 10.8 Å². The van der Waals surface area contributed by atoms with Crippen LogP contribution in [0.3, 0.4) is 0 Å². The Morgan fingerprint density at radius 1 is 1.31 bits per heavy atom. The molecule has 0 aliphatic heterocycles. The summed E-state index contributed by atoms with van der Waals surface area (Å²) < 4.78 is 0. The quantitative estimate of drug-likeness (QED) is 0.725. The summed E-state index contributed by atoms with van der Waals surface area (Å²) in [6, 6.07) is 5.81. The molecule has 0 fully saturated rings. The molecule has 0 unspecified atom stereocenters. The van der Waals surface area contributed by atoms with Gasteiger partial charge in [-0.25, -0.2) is 0 Å². The smallest absolute Gasteiger partial charge is 0.0704 e. The Morgan fingerprint density at radius 2 is 1.92 bits per heavy atom. The first kappa shape index (κ1) is 10.2. The Hall–Kier alpha value is -0.860. The Balaban J connectivity index is 3.01. The second-order valence-corrected chi connectivity index (χ2v) is 3.63. The molecule has 0 aliphatic rings.